The Morgan fingerprint density at radius 2 is 1.92 bits per heavy atom. The molecule has 200 valence electrons. The highest BCUT2D eigenvalue weighted by atomic mass is 35.5. The van der Waals surface area contributed by atoms with E-state index in [0.717, 1.165) is 36.9 Å². The van der Waals surface area contributed by atoms with Crippen LogP contribution in [-0.4, -0.2) is 49.2 Å². The average molecular weight is 563 g/mol. The molecule has 3 aromatic rings. The number of amidine groups is 2. The molecule has 1 saturated carbocycles. The highest BCUT2D eigenvalue weighted by Crippen LogP contribution is 2.35. The largest absolute Gasteiger partial charge is 0.353 e. The number of rotatable bonds is 6. The Hall–Kier alpha value is -3.50. The molecule has 1 N–H and O–H groups in total. The van der Waals surface area contributed by atoms with Crippen molar-refractivity contribution in [2.45, 2.75) is 62.8 Å². The van der Waals surface area contributed by atoms with Gasteiger partial charge >= 0.3 is 0 Å². The summed E-state index contributed by atoms with van der Waals surface area (Å²) in [6, 6.07) is 12.0. The van der Waals surface area contributed by atoms with E-state index < -0.39 is 6.04 Å². The van der Waals surface area contributed by atoms with Crippen LogP contribution in [0, 0.1) is 0 Å². The van der Waals surface area contributed by atoms with Crippen molar-refractivity contribution in [1.29, 1.82) is 0 Å². The van der Waals surface area contributed by atoms with Crippen LogP contribution in [0.2, 0.25) is 5.02 Å². The number of hydrogen-bond acceptors (Lipinski definition) is 7. The van der Waals surface area contributed by atoms with Gasteiger partial charge in [-0.05, 0) is 43.5 Å². The highest BCUT2D eigenvalue weighted by molar-refractivity contribution is 8.13. The van der Waals surface area contributed by atoms with Crippen LogP contribution in [0.1, 0.15) is 56.2 Å². The molecule has 1 unspecified atom stereocenters. The lowest BCUT2D eigenvalue weighted by Crippen LogP contribution is -2.41. The monoisotopic (exact) mass is 562 g/mol. The highest BCUT2D eigenvalue weighted by Gasteiger charge is 2.41. The van der Waals surface area contributed by atoms with E-state index in [-0.39, 0.29) is 29.8 Å². The third-order valence-corrected chi connectivity index (χ3v) is 8.38. The predicted octanol–water partition coefficient (Wildman–Crippen LogP) is 4.47. The van der Waals surface area contributed by atoms with Crippen molar-refractivity contribution in [3.8, 4) is 0 Å². The number of thioether (sulfide) groups is 1. The van der Waals surface area contributed by atoms with Crippen molar-refractivity contribution in [3.63, 3.8) is 0 Å². The van der Waals surface area contributed by atoms with Crippen LogP contribution in [-0.2, 0) is 15.3 Å². The summed E-state index contributed by atoms with van der Waals surface area (Å²) < 4.78 is 1.40. The fourth-order valence-corrected chi connectivity index (χ4v) is 6.29. The number of para-hydroxylation sites is 1. The van der Waals surface area contributed by atoms with Gasteiger partial charge < -0.3 is 5.32 Å². The zero-order chi connectivity index (χ0) is 26.9. The molecule has 0 spiro atoms. The summed E-state index contributed by atoms with van der Waals surface area (Å²) >= 11 is 7.34. The van der Waals surface area contributed by atoms with E-state index >= 15 is 0 Å². The second kappa shape index (κ2) is 10.9. The van der Waals surface area contributed by atoms with Gasteiger partial charge in [0.1, 0.15) is 17.5 Å². The average Bonchev–Trinajstić information content (AvgIpc) is 3.28. The summed E-state index contributed by atoms with van der Waals surface area (Å²) in [5.41, 5.74) is 2.32. The van der Waals surface area contributed by atoms with Gasteiger partial charge in [0.15, 0.2) is 5.17 Å². The topological polar surface area (TPSA) is 108 Å². The fraction of sp³-hybridized carbons (Fsp3) is 0.357. The van der Waals surface area contributed by atoms with Crippen molar-refractivity contribution in [2.75, 3.05) is 0 Å². The van der Waals surface area contributed by atoms with Crippen molar-refractivity contribution < 1.29 is 9.59 Å². The number of hydrogen-bond donors (Lipinski definition) is 1. The number of fused-ring (bicyclic) bond motifs is 4. The van der Waals surface area contributed by atoms with Crippen molar-refractivity contribution in [3.05, 3.63) is 75.3 Å². The summed E-state index contributed by atoms with van der Waals surface area (Å²) in [5.74, 6) is 0.656. The number of aliphatic imine (C=N–C) groups is 2. The van der Waals surface area contributed by atoms with Gasteiger partial charge in [0.2, 0.25) is 5.91 Å². The number of carbonyl (C=O) groups is 2. The van der Waals surface area contributed by atoms with Crippen LogP contribution in [0.4, 0.5) is 5.69 Å². The molecule has 3 aliphatic rings. The number of nitrogens with one attached hydrogen (secondary N) is 1. The second-order valence-electron chi connectivity index (χ2n) is 9.94. The van der Waals surface area contributed by atoms with Gasteiger partial charge in [0, 0.05) is 36.0 Å². The molecule has 9 nitrogen and oxygen atoms in total. The Bertz CT molecular complexity index is 1580. The SMILES string of the molecule is O=C(CCC1N=C2c3ccccc3N=C(SCc3cc(=O)n4cc(Cl)ccc4n3)N2C1=O)NC1CCCCC1. The number of nitrogens with zero attached hydrogens (tertiary/aromatic N) is 5. The minimum Gasteiger partial charge on any atom is -0.353 e. The summed E-state index contributed by atoms with van der Waals surface area (Å²) in [4.78, 5) is 54.4. The first-order valence-electron chi connectivity index (χ1n) is 13.2. The van der Waals surface area contributed by atoms with E-state index in [2.05, 4.69) is 10.3 Å². The third kappa shape index (κ3) is 5.35. The molecular weight excluding hydrogens is 536 g/mol. The number of pyridine rings is 1. The molecule has 39 heavy (non-hydrogen) atoms. The molecule has 4 heterocycles. The molecule has 2 amide bonds. The van der Waals surface area contributed by atoms with E-state index in [1.807, 2.05) is 24.3 Å². The Balaban J connectivity index is 1.19. The third-order valence-electron chi connectivity index (χ3n) is 7.19. The Morgan fingerprint density at radius 1 is 1.10 bits per heavy atom. The quantitative estimate of drug-likeness (QED) is 0.477. The van der Waals surface area contributed by atoms with Crippen molar-refractivity contribution in [1.82, 2.24) is 19.6 Å². The number of carbonyl (C=O) groups excluding carboxylic acids is 2. The number of amides is 2. The minimum atomic E-state index is -0.651. The minimum absolute atomic E-state index is 0.0293. The standard InChI is InChI=1S/C28H27ClN6O3S/c29-17-10-12-23-30-19(14-25(37)34(23)15-17)16-39-28-33-21-9-5-4-8-20(21)26-32-22(27(38)35(26)28)11-13-24(36)31-18-6-2-1-3-7-18/h4-5,8-10,12,14-15,18,22H,1-3,6-7,11,13,16H2,(H,31,36). The molecule has 0 saturated heterocycles. The zero-order valence-corrected chi connectivity index (χ0v) is 22.7. The number of halogens is 1. The molecule has 6 rings (SSSR count). The molecule has 2 aliphatic heterocycles. The molecule has 0 bridgehead atoms. The van der Waals surface area contributed by atoms with E-state index in [4.69, 9.17) is 21.6 Å². The normalized spacial score (nSPS) is 18.9. The van der Waals surface area contributed by atoms with Crippen LogP contribution in [0.5, 0.6) is 0 Å². The molecule has 1 atom stereocenters. The van der Waals surface area contributed by atoms with Crippen LogP contribution in [0.25, 0.3) is 5.65 Å². The Morgan fingerprint density at radius 3 is 2.77 bits per heavy atom. The van der Waals surface area contributed by atoms with Gasteiger partial charge in [0.25, 0.3) is 11.5 Å². The van der Waals surface area contributed by atoms with E-state index in [9.17, 15) is 14.4 Å². The summed E-state index contributed by atoms with van der Waals surface area (Å²) in [7, 11) is 0. The molecular formula is C28H27ClN6O3S. The maximum absolute atomic E-state index is 13.5. The van der Waals surface area contributed by atoms with Gasteiger partial charge in [-0.15, -0.1) is 0 Å². The second-order valence-corrected chi connectivity index (χ2v) is 11.3. The Kier molecular flexibility index (Phi) is 7.22. The smallest absolute Gasteiger partial charge is 0.259 e. The van der Waals surface area contributed by atoms with E-state index in [1.165, 1.54) is 34.8 Å². The lowest BCUT2D eigenvalue weighted by molar-refractivity contribution is -0.125. The lowest BCUT2D eigenvalue weighted by Gasteiger charge is -2.25. The molecule has 2 aromatic heterocycles. The van der Waals surface area contributed by atoms with Gasteiger partial charge in [-0.2, -0.15) is 0 Å². The van der Waals surface area contributed by atoms with Gasteiger partial charge in [-0.25, -0.2) is 14.9 Å². The molecule has 0 radical (unpaired) electrons. The summed E-state index contributed by atoms with van der Waals surface area (Å²) in [6.45, 7) is 0. The maximum atomic E-state index is 13.5. The maximum Gasteiger partial charge on any atom is 0.259 e. The fourth-order valence-electron chi connectivity index (χ4n) is 5.24. The van der Waals surface area contributed by atoms with Crippen LogP contribution < -0.4 is 10.9 Å². The first kappa shape index (κ1) is 25.8. The first-order valence-corrected chi connectivity index (χ1v) is 14.5. The van der Waals surface area contributed by atoms with Crippen LogP contribution in [0.3, 0.4) is 0 Å². The van der Waals surface area contributed by atoms with Gasteiger partial charge in [-0.3, -0.25) is 23.8 Å². The number of aromatic nitrogens is 2. The summed E-state index contributed by atoms with van der Waals surface area (Å²) in [6.07, 6.45) is 7.66. The van der Waals surface area contributed by atoms with Crippen molar-refractivity contribution in [2.24, 2.45) is 9.98 Å². The molecule has 1 aromatic carbocycles. The Labute approximate surface area is 234 Å². The predicted molar refractivity (Wildman–Crippen MR) is 153 cm³/mol. The summed E-state index contributed by atoms with van der Waals surface area (Å²) in [5, 5.41) is 4.05. The molecule has 1 aliphatic carbocycles. The molecule has 1 fully saturated rings. The van der Waals surface area contributed by atoms with Gasteiger partial charge in [0.05, 0.1) is 16.4 Å². The first-order chi connectivity index (χ1) is 19.0. The zero-order valence-electron chi connectivity index (χ0n) is 21.2. The van der Waals surface area contributed by atoms with E-state index in [0.29, 0.717) is 39.5 Å². The van der Waals surface area contributed by atoms with E-state index in [1.54, 1.807) is 17.0 Å². The van der Waals surface area contributed by atoms with Crippen molar-refractivity contribution >= 4 is 57.5 Å². The number of benzene rings is 1. The van der Waals surface area contributed by atoms with Crippen LogP contribution in [0.15, 0.2) is 63.4 Å². The van der Waals surface area contributed by atoms with Crippen LogP contribution >= 0.6 is 23.4 Å². The van der Waals surface area contributed by atoms with Gasteiger partial charge in [-0.1, -0.05) is 54.8 Å². The molecule has 11 heteroatoms. The lowest BCUT2D eigenvalue weighted by atomic mass is 9.95.